The average Bonchev–Trinajstić information content (AvgIpc) is 2.50. The van der Waals surface area contributed by atoms with Gasteiger partial charge in [-0.2, -0.15) is 0 Å². The van der Waals surface area contributed by atoms with E-state index in [4.69, 9.17) is 0 Å². The highest BCUT2D eigenvalue weighted by molar-refractivity contribution is 5.97. The van der Waals surface area contributed by atoms with Crippen LogP contribution in [-0.2, 0) is 7.05 Å². The number of nitrogens with zero attached hydrogens (tertiary/aromatic N) is 3. The van der Waals surface area contributed by atoms with Gasteiger partial charge in [0.2, 0.25) is 0 Å². The number of hydrogen-bond acceptors (Lipinski definition) is 3. The third-order valence-electron chi connectivity index (χ3n) is 4.63. The zero-order valence-electron chi connectivity index (χ0n) is 13.2. The summed E-state index contributed by atoms with van der Waals surface area (Å²) >= 11 is 0. The molecular weight excluding hydrogens is 278 g/mol. The SMILES string of the molecule is C[C@H]1CCC[C@H](C)N1C(=O)c1cc2cccnc2n(C)c1=O. The summed E-state index contributed by atoms with van der Waals surface area (Å²) in [7, 11) is 1.66. The lowest BCUT2D eigenvalue weighted by Gasteiger charge is -2.39. The maximum atomic E-state index is 12.9. The maximum absolute atomic E-state index is 12.9. The third kappa shape index (κ3) is 2.30. The fourth-order valence-electron chi connectivity index (χ4n) is 3.41. The molecule has 116 valence electrons. The predicted molar refractivity (Wildman–Crippen MR) is 85.9 cm³/mol. The number of carbonyl (C=O) groups excluding carboxylic acids is 1. The largest absolute Gasteiger partial charge is 0.333 e. The van der Waals surface area contributed by atoms with Crippen LogP contribution in [0, 0.1) is 0 Å². The van der Waals surface area contributed by atoms with Gasteiger partial charge in [0.15, 0.2) is 0 Å². The van der Waals surface area contributed by atoms with Crippen LogP contribution >= 0.6 is 0 Å². The average molecular weight is 299 g/mol. The molecule has 3 heterocycles. The molecule has 0 radical (unpaired) electrons. The molecule has 1 amide bonds. The molecule has 0 spiro atoms. The second kappa shape index (κ2) is 5.55. The number of piperidine rings is 1. The first-order valence-electron chi connectivity index (χ1n) is 7.78. The molecule has 0 saturated carbocycles. The lowest BCUT2D eigenvalue weighted by molar-refractivity contribution is 0.0508. The summed E-state index contributed by atoms with van der Waals surface area (Å²) in [4.78, 5) is 31.6. The van der Waals surface area contributed by atoms with Gasteiger partial charge >= 0.3 is 0 Å². The van der Waals surface area contributed by atoms with E-state index in [9.17, 15) is 9.59 Å². The van der Waals surface area contributed by atoms with Crippen LogP contribution in [0.4, 0.5) is 0 Å². The maximum Gasteiger partial charge on any atom is 0.264 e. The molecule has 1 saturated heterocycles. The van der Waals surface area contributed by atoms with Crippen LogP contribution < -0.4 is 5.56 Å². The molecule has 5 nitrogen and oxygen atoms in total. The number of fused-ring (bicyclic) bond motifs is 1. The van der Waals surface area contributed by atoms with E-state index in [1.54, 1.807) is 19.3 Å². The number of aromatic nitrogens is 2. The molecule has 1 aliphatic heterocycles. The Labute approximate surface area is 129 Å². The summed E-state index contributed by atoms with van der Waals surface area (Å²) in [6.45, 7) is 4.11. The van der Waals surface area contributed by atoms with Gasteiger partial charge in [0.25, 0.3) is 11.5 Å². The van der Waals surface area contributed by atoms with Crippen molar-refractivity contribution >= 4 is 16.9 Å². The zero-order chi connectivity index (χ0) is 15.9. The Morgan fingerprint density at radius 2 is 1.95 bits per heavy atom. The Bertz CT molecular complexity index is 771. The summed E-state index contributed by atoms with van der Waals surface area (Å²) in [5.74, 6) is -0.161. The van der Waals surface area contributed by atoms with Gasteiger partial charge in [-0.3, -0.25) is 14.2 Å². The van der Waals surface area contributed by atoms with Crippen LogP contribution in [0.2, 0.25) is 0 Å². The number of rotatable bonds is 1. The first kappa shape index (κ1) is 14.8. The van der Waals surface area contributed by atoms with E-state index in [0.29, 0.717) is 5.65 Å². The minimum absolute atomic E-state index is 0.161. The molecule has 1 aliphatic rings. The second-order valence-electron chi connectivity index (χ2n) is 6.18. The third-order valence-corrected chi connectivity index (χ3v) is 4.63. The molecule has 0 bridgehead atoms. The fourth-order valence-corrected chi connectivity index (χ4v) is 3.41. The highest BCUT2D eigenvalue weighted by Gasteiger charge is 2.31. The van der Waals surface area contributed by atoms with E-state index in [2.05, 4.69) is 18.8 Å². The topological polar surface area (TPSA) is 55.2 Å². The number of likely N-dealkylation sites (tertiary alicyclic amines) is 1. The van der Waals surface area contributed by atoms with Gasteiger partial charge in [-0.25, -0.2) is 4.98 Å². The molecular formula is C17H21N3O2. The van der Waals surface area contributed by atoms with E-state index < -0.39 is 0 Å². The first-order chi connectivity index (χ1) is 10.5. The number of aryl methyl sites for hydroxylation is 1. The lowest BCUT2D eigenvalue weighted by Crippen LogP contribution is -2.49. The van der Waals surface area contributed by atoms with Gasteiger partial charge in [0.1, 0.15) is 11.2 Å². The number of hydrogen-bond donors (Lipinski definition) is 0. The van der Waals surface area contributed by atoms with Gasteiger partial charge in [0.05, 0.1) is 0 Å². The van der Waals surface area contributed by atoms with Gasteiger partial charge < -0.3 is 4.90 Å². The van der Waals surface area contributed by atoms with Crippen LogP contribution in [-0.4, -0.2) is 32.4 Å². The van der Waals surface area contributed by atoms with E-state index in [1.165, 1.54) is 4.57 Å². The van der Waals surface area contributed by atoms with Crippen LogP contribution in [0.15, 0.2) is 29.2 Å². The van der Waals surface area contributed by atoms with Crippen LogP contribution in [0.5, 0.6) is 0 Å². The van der Waals surface area contributed by atoms with Crippen LogP contribution in [0.3, 0.4) is 0 Å². The Hall–Kier alpha value is -2.17. The highest BCUT2D eigenvalue weighted by Crippen LogP contribution is 2.24. The van der Waals surface area contributed by atoms with Crippen molar-refractivity contribution in [2.75, 3.05) is 0 Å². The number of carbonyl (C=O) groups is 1. The second-order valence-corrected chi connectivity index (χ2v) is 6.18. The number of pyridine rings is 2. The van der Waals surface area contributed by atoms with E-state index in [0.717, 1.165) is 24.6 Å². The zero-order valence-corrected chi connectivity index (χ0v) is 13.2. The first-order valence-corrected chi connectivity index (χ1v) is 7.78. The molecule has 2 atom stereocenters. The van der Waals surface area contributed by atoms with Crippen molar-refractivity contribution in [3.05, 3.63) is 40.3 Å². The van der Waals surface area contributed by atoms with Crippen LogP contribution in [0.25, 0.3) is 11.0 Å². The smallest absolute Gasteiger partial charge is 0.264 e. The Morgan fingerprint density at radius 1 is 1.27 bits per heavy atom. The molecule has 0 unspecified atom stereocenters. The normalized spacial score (nSPS) is 22.0. The predicted octanol–water partition coefficient (Wildman–Crippen LogP) is 2.34. The summed E-state index contributed by atoms with van der Waals surface area (Å²) in [5, 5.41) is 0.810. The molecule has 1 fully saturated rings. The summed E-state index contributed by atoms with van der Waals surface area (Å²) in [5.41, 5.74) is 0.563. The highest BCUT2D eigenvalue weighted by atomic mass is 16.2. The van der Waals surface area contributed by atoms with Crippen molar-refractivity contribution in [2.45, 2.75) is 45.2 Å². The quantitative estimate of drug-likeness (QED) is 0.812. The fraction of sp³-hybridized carbons (Fsp3) is 0.471. The van der Waals surface area contributed by atoms with Crippen molar-refractivity contribution in [3.8, 4) is 0 Å². The van der Waals surface area contributed by atoms with Gasteiger partial charge in [-0.1, -0.05) is 0 Å². The van der Waals surface area contributed by atoms with Crippen molar-refractivity contribution in [1.29, 1.82) is 0 Å². The summed E-state index contributed by atoms with van der Waals surface area (Å²) in [6, 6.07) is 5.71. The summed E-state index contributed by atoms with van der Waals surface area (Å²) < 4.78 is 1.46. The van der Waals surface area contributed by atoms with Gasteiger partial charge in [-0.05, 0) is 51.3 Å². The van der Waals surface area contributed by atoms with E-state index in [-0.39, 0.29) is 29.1 Å². The molecule has 0 aliphatic carbocycles. The Kier molecular flexibility index (Phi) is 3.72. The van der Waals surface area contributed by atoms with Crippen molar-refractivity contribution < 1.29 is 4.79 Å². The number of amides is 1. The van der Waals surface area contributed by atoms with E-state index in [1.807, 2.05) is 17.0 Å². The summed E-state index contributed by atoms with van der Waals surface area (Å²) in [6.07, 6.45) is 4.76. The molecule has 0 N–H and O–H groups in total. The minimum atomic E-state index is -0.277. The minimum Gasteiger partial charge on any atom is -0.333 e. The lowest BCUT2D eigenvalue weighted by atomic mass is 9.96. The molecule has 3 rings (SSSR count). The molecule has 2 aromatic heterocycles. The van der Waals surface area contributed by atoms with Gasteiger partial charge in [0, 0.05) is 30.7 Å². The standard InChI is InChI=1S/C17H21N3O2/c1-11-6-4-7-12(2)20(11)17(22)14-10-13-8-5-9-18-15(13)19(3)16(14)21/h5,8-12H,4,6-7H2,1-3H3/t11-,12-/m0/s1. The molecule has 0 aromatic carbocycles. The van der Waals surface area contributed by atoms with Crippen molar-refractivity contribution in [3.63, 3.8) is 0 Å². The Morgan fingerprint density at radius 3 is 2.64 bits per heavy atom. The van der Waals surface area contributed by atoms with E-state index >= 15 is 0 Å². The van der Waals surface area contributed by atoms with Gasteiger partial charge in [-0.15, -0.1) is 0 Å². The Balaban J connectivity index is 2.11. The molecule has 22 heavy (non-hydrogen) atoms. The van der Waals surface area contributed by atoms with Crippen LogP contribution in [0.1, 0.15) is 43.5 Å². The van der Waals surface area contributed by atoms with Crippen molar-refractivity contribution in [1.82, 2.24) is 14.5 Å². The van der Waals surface area contributed by atoms with Crippen molar-refractivity contribution in [2.24, 2.45) is 7.05 Å². The molecule has 5 heteroatoms. The monoisotopic (exact) mass is 299 g/mol. The molecule has 2 aromatic rings.